The molecule has 5 nitrogen and oxygen atoms in total. The summed E-state index contributed by atoms with van der Waals surface area (Å²) < 4.78 is 22.7. The second kappa shape index (κ2) is 6.88. The average Bonchev–Trinajstić information content (AvgIpc) is 2.36. The Labute approximate surface area is 122 Å². The van der Waals surface area contributed by atoms with Gasteiger partial charge in [-0.3, -0.25) is 4.79 Å². The van der Waals surface area contributed by atoms with Crippen LogP contribution < -0.4 is 0 Å². The van der Waals surface area contributed by atoms with Gasteiger partial charge in [0, 0.05) is 29.3 Å². The Hall–Kier alpha value is -1.37. The zero-order valence-electron chi connectivity index (χ0n) is 11.0. The summed E-state index contributed by atoms with van der Waals surface area (Å²) in [5.74, 6) is -0.385. The summed E-state index contributed by atoms with van der Waals surface area (Å²) in [5, 5.41) is 8.95. The number of hydrogen-bond donors (Lipinski definition) is 1. The van der Waals surface area contributed by atoms with Crippen molar-refractivity contribution in [1.82, 2.24) is 4.90 Å². The predicted octanol–water partition coefficient (Wildman–Crippen LogP) is 1.54. The molecule has 0 spiro atoms. The van der Waals surface area contributed by atoms with Crippen molar-refractivity contribution in [2.45, 2.75) is 11.8 Å². The van der Waals surface area contributed by atoms with Crippen LogP contribution >= 0.6 is 10.7 Å². The van der Waals surface area contributed by atoms with Crippen LogP contribution in [0.15, 0.2) is 35.7 Å². The molecule has 1 rings (SSSR count). The van der Waals surface area contributed by atoms with Crippen LogP contribution in [-0.2, 0) is 9.05 Å². The van der Waals surface area contributed by atoms with Gasteiger partial charge in [-0.05, 0) is 30.7 Å². The van der Waals surface area contributed by atoms with Gasteiger partial charge in [0.15, 0.2) is 0 Å². The third kappa shape index (κ3) is 4.33. The minimum absolute atomic E-state index is 0.120. The van der Waals surface area contributed by atoms with Crippen LogP contribution in [0.2, 0.25) is 0 Å². The molecular formula is C13H16ClNO4S. The standard InChI is InChI=1S/C13H16ClNO4S/c1-3-4-15(5-6-16)13(17)11-7-10(2)8-12(9-11)20(14,18)19/h3,7-9,16H,1,4-6H2,2H3. The fraction of sp³-hybridized carbons (Fsp3) is 0.308. The van der Waals surface area contributed by atoms with E-state index in [1.807, 2.05) is 0 Å². The molecule has 0 aliphatic carbocycles. The van der Waals surface area contributed by atoms with Crippen LogP contribution in [0.5, 0.6) is 0 Å². The molecule has 0 aliphatic heterocycles. The highest BCUT2D eigenvalue weighted by Crippen LogP contribution is 2.19. The molecule has 0 fully saturated rings. The third-order valence-corrected chi connectivity index (χ3v) is 3.92. The first kappa shape index (κ1) is 16.7. The SMILES string of the molecule is C=CCN(CCO)C(=O)c1cc(C)cc(S(=O)(=O)Cl)c1. The van der Waals surface area contributed by atoms with E-state index in [1.165, 1.54) is 23.1 Å². The zero-order chi connectivity index (χ0) is 15.3. The average molecular weight is 318 g/mol. The van der Waals surface area contributed by atoms with E-state index in [9.17, 15) is 13.2 Å². The van der Waals surface area contributed by atoms with Gasteiger partial charge in [-0.1, -0.05) is 6.08 Å². The second-order valence-electron chi connectivity index (χ2n) is 4.24. The van der Waals surface area contributed by atoms with E-state index in [1.54, 1.807) is 13.0 Å². The molecule has 1 aromatic rings. The van der Waals surface area contributed by atoms with E-state index in [0.717, 1.165) is 0 Å². The maximum Gasteiger partial charge on any atom is 0.261 e. The summed E-state index contributed by atoms with van der Waals surface area (Å²) in [6.07, 6.45) is 1.53. The van der Waals surface area contributed by atoms with E-state index in [2.05, 4.69) is 6.58 Å². The minimum atomic E-state index is -3.90. The van der Waals surface area contributed by atoms with Crippen LogP contribution in [0.1, 0.15) is 15.9 Å². The number of rotatable bonds is 6. The van der Waals surface area contributed by atoms with Crippen LogP contribution in [0.3, 0.4) is 0 Å². The molecule has 0 atom stereocenters. The number of hydrogen-bond acceptors (Lipinski definition) is 4. The monoisotopic (exact) mass is 317 g/mol. The number of halogens is 1. The summed E-state index contributed by atoms with van der Waals surface area (Å²) in [6, 6.07) is 4.19. The van der Waals surface area contributed by atoms with E-state index in [0.29, 0.717) is 5.56 Å². The summed E-state index contributed by atoms with van der Waals surface area (Å²) in [4.78, 5) is 13.5. The fourth-order valence-electron chi connectivity index (χ4n) is 1.75. The van der Waals surface area contributed by atoms with Crippen molar-refractivity contribution in [3.63, 3.8) is 0 Å². The Bertz CT molecular complexity index is 613. The predicted molar refractivity (Wildman–Crippen MR) is 77.4 cm³/mol. The molecule has 0 saturated carbocycles. The number of benzene rings is 1. The number of aryl methyl sites for hydroxylation is 1. The number of aliphatic hydroxyl groups is 1. The fourth-order valence-corrected chi connectivity index (χ4v) is 2.61. The van der Waals surface area contributed by atoms with Crippen LogP contribution in [0, 0.1) is 6.92 Å². The maximum atomic E-state index is 12.3. The van der Waals surface area contributed by atoms with Crippen molar-refractivity contribution in [2.75, 3.05) is 19.7 Å². The molecule has 1 aromatic carbocycles. The molecule has 0 unspecified atom stereocenters. The van der Waals surface area contributed by atoms with Crippen molar-refractivity contribution in [3.05, 3.63) is 42.0 Å². The van der Waals surface area contributed by atoms with Gasteiger partial charge in [-0.15, -0.1) is 6.58 Å². The highest BCUT2D eigenvalue weighted by molar-refractivity contribution is 8.13. The molecule has 0 aromatic heterocycles. The Balaban J connectivity index is 3.21. The van der Waals surface area contributed by atoms with Crippen molar-refractivity contribution in [2.24, 2.45) is 0 Å². The largest absolute Gasteiger partial charge is 0.395 e. The molecule has 110 valence electrons. The first-order chi connectivity index (χ1) is 9.29. The molecular weight excluding hydrogens is 302 g/mol. The quantitative estimate of drug-likeness (QED) is 0.638. The van der Waals surface area contributed by atoms with E-state index in [4.69, 9.17) is 15.8 Å². The lowest BCUT2D eigenvalue weighted by molar-refractivity contribution is 0.0742. The topological polar surface area (TPSA) is 74.7 Å². The highest BCUT2D eigenvalue weighted by atomic mass is 35.7. The lowest BCUT2D eigenvalue weighted by atomic mass is 10.1. The van der Waals surface area contributed by atoms with Gasteiger partial charge in [0.2, 0.25) is 0 Å². The van der Waals surface area contributed by atoms with Gasteiger partial charge in [-0.25, -0.2) is 8.42 Å². The minimum Gasteiger partial charge on any atom is -0.395 e. The van der Waals surface area contributed by atoms with Crippen LogP contribution in [0.4, 0.5) is 0 Å². The smallest absolute Gasteiger partial charge is 0.261 e. The van der Waals surface area contributed by atoms with Gasteiger partial charge >= 0.3 is 0 Å². The van der Waals surface area contributed by atoms with Crippen LogP contribution in [0.25, 0.3) is 0 Å². The highest BCUT2D eigenvalue weighted by Gasteiger charge is 2.18. The van der Waals surface area contributed by atoms with Crippen molar-refractivity contribution >= 4 is 25.6 Å². The normalized spacial score (nSPS) is 11.2. The molecule has 1 N–H and O–H groups in total. The first-order valence-electron chi connectivity index (χ1n) is 5.87. The van der Waals surface area contributed by atoms with E-state index >= 15 is 0 Å². The molecule has 20 heavy (non-hydrogen) atoms. The molecule has 0 heterocycles. The zero-order valence-corrected chi connectivity index (χ0v) is 12.6. The van der Waals surface area contributed by atoms with Gasteiger partial charge in [0.05, 0.1) is 11.5 Å². The second-order valence-corrected chi connectivity index (χ2v) is 6.80. The summed E-state index contributed by atoms with van der Waals surface area (Å²) in [6.45, 7) is 5.43. The lowest BCUT2D eigenvalue weighted by Gasteiger charge is -2.20. The van der Waals surface area contributed by atoms with Gasteiger partial charge < -0.3 is 10.0 Å². The Kier molecular flexibility index (Phi) is 5.74. The first-order valence-corrected chi connectivity index (χ1v) is 8.18. The van der Waals surface area contributed by atoms with Gasteiger partial charge in [0.1, 0.15) is 0 Å². The molecule has 0 saturated heterocycles. The van der Waals surface area contributed by atoms with Crippen molar-refractivity contribution in [3.8, 4) is 0 Å². The summed E-state index contributed by atoms with van der Waals surface area (Å²) >= 11 is 0. The lowest BCUT2D eigenvalue weighted by Crippen LogP contribution is -2.33. The van der Waals surface area contributed by atoms with Crippen LogP contribution in [-0.4, -0.2) is 44.0 Å². The van der Waals surface area contributed by atoms with Crippen molar-refractivity contribution in [1.29, 1.82) is 0 Å². The van der Waals surface area contributed by atoms with Gasteiger partial charge in [-0.2, -0.15) is 0 Å². The van der Waals surface area contributed by atoms with Gasteiger partial charge in [0.25, 0.3) is 15.0 Å². The number of aliphatic hydroxyl groups excluding tert-OH is 1. The number of nitrogens with zero attached hydrogens (tertiary/aromatic N) is 1. The molecule has 0 aliphatic rings. The number of amides is 1. The number of carbonyl (C=O) groups excluding carboxylic acids is 1. The molecule has 0 bridgehead atoms. The van der Waals surface area contributed by atoms with E-state index < -0.39 is 9.05 Å². The molecule has 7 heteroatoms. The number of carbonyl (C=O) groups is 1. The summed E-state index contributed by atoms with van der Waals surface area (Å²) in [7, 11) is 1.40. The Morgan fingerprint density at radius 2 is 2.10 bits per heavy atom. The molecule has 0 radical (unpaired) electrons. The maximum absolute atomic E-state index is 12.3. The third-order valence-electron chi connectivity index (χ3n) is 2.59. The van der Waals surface area contributed by atoms with E-state index in [-0.39, 0.29) is 36.1 Å². The van der Waals surface area contributed by atoms with Crippen molar-refractivity contribution < 1.29 is 18.3 Å². The summed E-state index contributed by atoms with van der Waals surface area (Å²) in [5.41, 5.74) is 0.817. The molecule has 1 amide bonds. The Morgan fingerprint density at radius 3 is 2.60 bits per heavy atom. The Morgan fingerprint density at radius 1 is 1.45 bits per heavy atom.